The predicted octanol–water partition coefficient (Wildman–Crippen LogP) is 0.798. The summed E-state index contributed by atoms with van der Waals surface area (Å²) in [5.74, 6) is 2.34. The lowest BCUT2D eigenvalue weighted by Gasteiger charge is -2.31. The lowest BCUT2D eigenvalue weighted by molar-refractivity contribution is 0.189. The lowest BCUT2D eigenvalue weighted by atomic mass is 10.1. The topological polar surface area (TPSA) is 46.0 Å². The minimum atomic E-state index is 0.648. The highest BCUT2D eigenvalue weighted by Gasteiger charge is 2.21. The fourth-order valence-electron chi connectivity index (χ4n) is 3.05. The second kappa shape index (κ2) is 5.36. The minimum absolute atomic E-state index is 0.648. The Morgan fingerprint density at radius 2 is 2.28 bits per heavy atom. The van der Waals surface area contributed by atoms with Gasteiger partial charge in [0, 0.05) is 25.6 Å². The van der Waals surface area contributed by atoms with Crippen LogP contribution in [0.5, 0.6) is 0 Å². The van der Waals surface area contributed by atoms with Crippen molar-refractivity contribution < 1.29 is 0 Å². The van der Waals surface area contributed by atoms with E-state index >= 15 is 0 Å². The predicted molar refractivity (Wildman–Crippen MR) is 70.3 cm³/mol. The Bertz CT molecular complexity index is 394. The van der Waals surface area contributed by atoms with Crippen molar-refractivity contribution in [1.29, 1.82) is 0 Å². The quantitative estimate of drug-likeness (QED) is 0.860. The van der Waals surface area contributed by atoms with Crippen molar-refractivity contribution in [1.82, 2.24) is 25.0 Å². The van der Waals surface area contributed by atoms with E-state index in [2.05, 4.69) is 32.0 Å². The lowest BCUT2D eigenvalue weighted by Crippen LogP contribution is -2.44. The van der Waals surface area contributed by atoms with E-state index in [1.54, 1.807) is 0 Å². The molecule has 5 heteroatoms. The number of nitrogens with one attached hydrogen (secondary N) is 1. The number of nitrogens with zero attached hydrogens (tertiary/aromatic N) is 4. The van der Waals surface area contributed by atoms with Gasteiger partial charge in [-0.2, -0.15) is 0 Å². The second-order valence-corrected chi connectivity index (χ2v) is 5.56. The number of likely N-dealkylation sites (N-methyl/N-ethyl adjacent to an activating group) is 1. The summed E-state index contributed by atoms with van der Waals surface area (Å²) in [5.41, 5.74) is 0. The molecule has 1 fully saturated rings. The van der Waals surface area contributed by atoms with E-state index in [4.69, 9.17) is 0 Å². The first-order chi connectivity index (χ1) is 8.84. The van der Waals surface area contributed by atoms with Crippen molar-refractivity contribution in [2.75, 3.05) is 20.1 Å². The fourth-order valence-corrected chi connectivity index (χ4v) is 3.05. The molecule has 0 aromatic carbocycles. The van der Waals surface area contributed by atoms with Crippen molar-refractivity contribution in [3.8, 4) is 0 Å². The molecule has 0 spiro atoms. The molecule has 2 aliphatic rings. The van der Waals surface area contributed by atoms with E-state index in [9.17, 15) is 0 Å². The maximum Gasteiger partial charge on any atom is 0.147 e. The molecule has 1 atom stereocenters. The summed E-state index contributed by atoms with van der Waals surface area (Å²) in [6, 6.07) is 0.648. The third-order valence-corrected chi connectivity index (χ3v) is 4.22. The largest absolute Gasteiger partial charge is 0.315 e. The second-order valence-electron chi connectivity index (χ2n) is 5.56. The molecule has 0 amide bonds. The molecule has 1 N–H and O–H groups in total. The molecule has 3 rings (SSSR count). The Labute approximate surface area is 109 Å². The maximum absolute atomic E-state index is 4.38. The fraction of sp³-hybridized carbons (Fsp3) is 0.846. The summed E-state index contributed by atoms with van der Waals surface area (Å²) in [6.45, 7) is 4.32. The third kappa shape index (κ3) is 2.42. The van der Waals surface area contributed by atoms with Crippen LogP contribution in [0.15, 0.2) is 0 Å². The zero-order valence-electron chi connectivity index (χ0n) is 11.2. The van der Waals surface area contributed by atoms with Crippen LogP contribution in [0.3, 0.4) is 0 Å². The Morgan fingerprint density at radius 3 is 3.11 bits per heavy atom. The van der Waals surface area contributed by atoms with Gasteiger partial charge in [-0.05, 0) is 39.3 Å². The van der Waals surface area contributed by atoms with Crippen molar-refractivity contribution in [3.05, 3.63) is 11.6 Å². The van der Waals surface area contributed by atoms with Crippen LogP contribution in [0.2, 0.25) is 0 Å². The number of fused-ring (bicyclic) bond motifs is 1. The van der Waals surface area contributed by atoms with E-state index < -0.39 is 0 Å². The SMILES string of the molecule is CN(Cc1nnc2n1CCCC2)C1CCCNC1. The van der Waals surface area contributed by atoms with Gasteiger partial charge >= 0.3 is 0 Å². The van der Waals surface area contributed by atoms with Gasteiger partial charge in [0.25, 0.3) is 0 Å². The van der Waals surface area contributed by atoms with Crippen molar-refractivity contribution in [2.45, 2.75) is 51.2 Å². The van der Waals surface area contributed by atoms with Gasteiger partial charge in [-0.3, -0.25) is 4.90 Å². The number of piperidine rings is 1. The molecule has 1 saturated heterocycles. The molecule has 1 aromatic heterocycles. The number of hydrogen-bond acceptors (Lipinski definition) is 4. The summed E-state index contributed by atoms with van der Waals surface area (Å²) < 4.78 is 2.33. The first-order valence-electron chi connectivity index (χ1n) is 7.16. The Hall–Kier alpha value is -0.940. The average Bonchev–Trinajstić information content (AvgIpc) is 2.83. The number of aryl methyl sites for hydroxylation is 1. The molecule has 5 nitrogen and oxygen atoms in total. The summed E-state index contributed by atoms with van der Waals surface area (Å²) in [6.07, 6.45) is 6.21. The van der Waals surface area contributed by atoms with Crippen LogP contribution in [0.1, 0.15) is 37.3 Å². The molecule has 100 valence electrons. The van der Waals surface area contributed by atoms with Gasteiger partial charge in [0.05, 0.1) is 6.54 Å². The molecular formula is C13H23N5. The van der Waals surface area contributed by atoms with Crippen LogP contribution < -0.4 is 5.32 Å². The molecule has 0 radical (unpaired) electrons. The van der Waals surface area contributed by atoms with Crippen LogP contribution in [0.4, 0.5) is 0 Å². The van der Waals surface area contributed by atoms with Crippen molar-refractivity contribution in [2.24, 2.45) is 0 Å². The van der Waals surface area contributed by atoms with E-state index in [0.29, 0.717) is 6.04 Å². The smallest absolute Gasteiger partial charge is 0.147 e. The zero-order valence-corrected chi connectivity index (χ0v) is 11.2. The monoisotopic (exact) mass is 249 g/mol. The molecule has 2 aliphatic heterocycles. The van der Waals surface area contributed by atoms with Gasteiger partial charge in [-0.15, -0.1) is 10.2 Å². The molecule has 0 aliphatic carbocycles. The van der Waals surface area contributed by atoms with Gasteiger partial charge in [-0.25, -0.2) is 0 Å². The molecule has 0 bridgehead atoms. The first-order valence-corrected chi connectivity index (χ1v) is 7.16. The van der Waals surface area contributed by atoms with Crippen LogP contribution in [0, 0.1) is 0 Å². The van der Waals surface area contributed by atoms with E-state index in [0.717, 1.165) is 31.9 Å². The maximum atomic E-state index is 4.38. The van der Waals surface area contributed by atoms with Crippen molar-refractivity contribution in [3.63, 3.8) is 0 Å². The number of rotatable bonds is 3. The normalized spacial score (nSPS) is 24.2. The Balaban J connectivity index is 1.66. The van der Waals surface area contributed by atoms with Gasteiger partial charge in [0.1, 0.15) is 11.6 Å². The molecular weight excluding hydrogens is 226 g/mol. The summed E-state index contributed by atoms with van der Waals surface area (Å²) >= 11 is 0. The highest BCUT2D eigenvalue weighted by atomic mass is 15.3. The van der Waals surface area contributed by atoms with E-state index in [-0.39, 0.29) is 0 Å². The average molecular weight is 249 g/mol. The highest BCUT2D eigenvalue weighted by molar-refractivity contribution is 4.99. The van der Waals surface area contributed by atoms with Crippen LogP contribution in [0.25, 0.3) is 0 Å². The molecule has 18 heavy (non-hydrogen) atoms. The number of aromatic nitrogens is 3. The van der Waals surface area contributed by atoms with Crippen molar-refractivity contribution >= 4 is 0 Å². The van der Waals surface area contributed by atoms with E-state index in [1.807, 2.05) is 0 Å². The molecule has 1 aromatic rings. The zero-order chi connectivity index (χ0) is 12.4. The minimum Gasteiger partial charge on any atom is -0.315 e. The summed E-state index contributed by atoms with van der Waals surface area (Å²) in [4.78, 5) is 2.43. The van der Waals surface area contributed by atoms with Gasteiger partial charge in [-0.1, -0.05) is 0 Å². The Morgan fingerprint density at radius 1 is 1.33 bits per heavy atom. The molecule has 3 heterocycles. The Kier molecular flexibility index (Phi) is 3.61. The summed E-state index contributed by atoms with van der Waals surface area (Å²) in [7, 11) is 2.21. The number of hydrogen-bond donors (Lipinski definition) is 1. The van der Waals surface area contributed by atoms with Crippen LogP contribution in [-0.2, 0) is 19.5 Å². The van der Waals surface area contributed by atoms with E-state index in [1.165, 1.54) is 38.1 Å². The summed E-state index contributed by atoms with van der Waals surface area (Å²) in [5, 5.41) is 12.2. The molecule has 1 unspecified atom stereocenters. The third-order valence-electron chi connectivity index (χ3n) is 4.22. The van der Waals surface area contributed by atoms with Crippen LogP contribution >= 0.6 is 0 Å². The van der Waals surface area contributed by atoms with Crippen LogP contribution in [-0.4, -0.2) is 45.8 Å². The van der Waals surface area contributed by atoms with Gasteiger partial charge in [0.2, 0.25) is 0 Å². The standard InChI is InChI=1S/C13H23N5/c1-17(11-5-4-7-14-9-11)10-13-16-15-12-6-2-3-8-18(12)13/h11,14H,2-10H2,1H3. The molecule has 0 saturated carbocycles. The van der Waals surface area contributed by atoms with Gasteiger partial charge in [0.15, 0.2) is 0 Å². The first kappa shape index (κ1) is 12.1. The van der Waals surface area contributed by atoms with Gasteiger partial charge < -0.3 is 9.88 Å². The highest BCUT2D eigenvalue weighted by Crippen LogP contribution is 2.17.